The molecule has 8 aromatic rings. The molecular weight excluding hydrogens is 573 g/mol. The van der Waals surface area contributed by atoms with E-state index in [1.165, 1.54) is 98.1 Å². The molecule has 0 saturated heterocycles. The third kappa shape index (κ3) is 2.97. The molecule has 0 radical (unpaired) electrons. The second-order valence-corrected chi connectivity index (χ2v) is 13.8. The van der Waals surface area contributed by atoms with E-state index < -0.39 is 0 Å². The molecule has 0 saturated carbocycles. The molecule has 0 fully saturated rings. The SMILES string of the molecule is c1ccc2c(c1)Sc1c(-c3ccc4c(c3)-c3ccccc3C43c4ccccc4-c4ccc5ccccc5c43)ccc3cccc-2c13. The van der Waals surface area contributed by atoms with E-state index in [0.29, 0.717) is 0 Å². The van der Waals surface area contributed by atoms with Crippen LogP contribution in [0.3, 0.4) is 0 Å². The highest BCUT2D eigenvalue weighted by Crippen LogP contribution is 2.64. The minimum Gasteiger partial charge on any atom is -0.0881 e. The molecule has 0 N–H and O–H groups in total. The summed E-state index contributed by atoms with van der Waals surface area (Å²) >= 11 is 1.92. The van der Waals surface area contributed by atoms with E-state index in [-0.39, 0.29) is 5.41 Å². The molecule has 0 bridgehead atoms. The summed E-state index contributed by atoms with van der Waals surface area (Å²) in [6.07, 6.45) is 0. The number of hydrogen-bond acceptors (Lipinski definition) is 1. The van der Waals surface area contributed by atoms with Gasteiger partial charge >= 0.3 is 0 Å². The summed E-state index contributed by atoms with van der Waals surface area (Å²) in [5, 5.41) is 5.30. The topological polar surface area (TPSA) is 0 Å². The Balaban J connectivity index is 1.22. The van der Waals surface area contributed by atoms with Gasteiger partial charge in [0.15, 0.2) is 0 Å². The molecule has 11 rings (SSSR count). The van der Waals surface area contributed by atoms with E-state index in [1.807, 2.05) is 11.8 Å². The second kappa shape index (κ2) is 8.88. The fourth-order valence-electron chi connectivity index (χ4n) is 8.88. The smallest absolute Gasteiger partial charge is 0.0731 e. The molecule has 46 heavy (non-hydrogen) atoms. The van der Waals surface area contributed by atoms with Gasteiger partial charge in [0, 0.05) is 15.2 Å². The third-order valence-electron chi connectivity index (χ3n) is 10.7. The quantitative estimate of drug-likeness (QED) is 0.181. The molecule has 8 aromatic carbocycles. The lowest BCUT2D eigenvalue weighted by molar-refractivity contribution is 0.801. The van der Waals surface area contributed by atoms with Crippen molar-refractivity contribution in [2.45, 2.75) is 15.2 Å². The summed E-state index contributed by atoms with van der Waals surface area (Å²) in [5.41, 5.74) is 15.8. The van der Waals surface area contributed by atoms with Crippen LogP contribution in [-0.4, -0.2) is 0 Å². The zero-order chi connectivity index (χ0) is 30.0. The maximum Gasteiger partial charge on any atom is 0.0731 e. The predicted molar refractivity (Wildman–Crippen MR) is 193 cm³/mol. The Bertz CT molecular complexity index is 2630. The van der Waals surface area contributed by atoms with E-state index in [4.69, 9.17) is 0 Å². The molecule has 1 aliphatic heterocycles. The number of fused-ring (bicyclic) bond motifs is 14. The zero-order valence-electron chi connectivity index (χ0n) is 24.9. The van der Waals surface area contributed by atoms with Gasteiger partial charge in [-0.15, -0.1) is 0 Å². The lowest BCUT2D eigenvalue weighted by Gasteiger charge is -2.31. The number of rotatable bonds is 1. The molecule has 1 spiro atoms. The summed E-state index contributed by atoms with van der Waals surface area (Å²) < 4.78 is 0. The highest BCUT2D eigenvalue weighted by atomic mass is 32.2. The summed E-state index contributed by atoms with van der Waals surface area (Å²) in [7, 11) is 0. The van der Waals surface area contributed by atoms with Gasteiger partial charge in [0.2, 0.25) is 0 Å². The minimum absolute atomic E-state index is 0.365. The summed E-state index contributed by atoms with van der Waals surface area (Å²) in [4.78, 5) is 2.68. The van der Waals surface area contributed by atoms with Gasteiger partial charge in [0.25, 0.3) is 0 Å². The molecule has 1 unspecified atom stereocenters. The average molecular weight is 599 g/mol. The molecule has 1 atom stereocenters. The lowest BCUT2D eigenvalue weighted by Crippen LogP contribution is -2.26. The molecule has 1 heteroatoms. The van der Waals surface area contributed by atoms with Crippen molar-refractivity contribution in [3.8, 4) is 44.5 Å². The van der Waals surface area contributed by atoms with Crippen LogP contribution in [0, 0.1) is 0 Å². The van der Waals surface area contributed by atoms with E-state index in [2.05, 4.69) is 158 Å². The van der Waals surface area contributed by atoms with Gasteiger partial charge < -0.3 is 0 Å². The Morgan fingerprint density at radius 3 is 1.89 bits per heavy atom. The Morgan fingerprint density at radius 1 is 0.391 bits per heavy atom. The average Bonchev–Trinajstić information content (AvgIpc) is 3.59. The molecule has 2 aliphatic carbocycles. The number of benzene rings is 8. The van der Waals surface area contributed by atoms with Crippen LogP contribution >= 0.6 is 11.8 Å². The molecular formula is C45H26S. The van der Waals surface area contributed by atoms with Crippen LogP contribution in [0.2, 0.25) is 0 Å². The second-order valence-electron chi connectivity index (χ2n) is 12.8. The molecule has 1 heterocycles. The lowest BCUT2D eigenvalue weighted by atomic mass is 9.69. The van der Waals surface area contributed by atoms with Gasteiger partial charge in [0.1, 0.15) is 0 Å². The highest BCUT2D eigenvalue weighted by Gasteiger charge is 2.52. The van der Waals surface area contributed by atoms with Gasteiger partial charge in [-0.1, -0.05) is 157 Å². The third-order valence-corrected chi connectivity index (χ3v) is 11.9. The summed E-state index contributed by atoms with van der Waals surface area (Å²) in [5.74, 6) is 0. The summed E-state index contributed by atoms with van der Waals surface area (Å²) in [6.45, 7) is 0. The molecule has 212 valence electrons. The van der Waals surface area contributed by atoms with Gasteiger partial charge in [-0.05, 0) is 95.1 Å². The van der Waals surface area contributed by atoms with E-state index in [0.717, 1.165) is 0 Å². The monoisotopic (exact) mass is 598 g/mol. The van der Waals surface area contributed by atoms with Crippen LogP contribution in [0.5, 0.6) is 0 Å². The van der Waals surface area contributed by atoms with E-state index >= 15 is 0 Å². The first-order valence-electron chi connectivity index (χ1n) is 16.0. The molecule has 0 aromatic heterocycles. The van der Waals surface area contributed by atoms with Crippen molar-refractivity contribution in [3.05, 3.63) is 180 Å². The van der Waals surface area contributed by atoms with Crippen LogP contribution in [0.4, 0.5) is 0 Å². The largest absolute Gasteiger partial charge is 0.0881 e. The van der Waals surface area contributed by atoms with Crippen LogP contribution in [-0.2, 0) is 5.41 Å². The van der Waals surface area contributed by atoms with Crippen molar-refractivity contribution in [1.29, 1.82) is 0 Å². The fraction of sp³-hybridized carbons (Fsp3) is 0.0222. The van der Waals surface area contributed by atoms with Gasteiger partial charge in [0.05, 0.1) is 5.41 Å². The van der Waals surface area contributed by atoms with Gasteiger partial charge in [-0.3, -0.25) is 0 Å². The number of hydrogen-bond donors (Lipinski definition) is 0. The van der Waals surface area contributed by atoms with Crippen molar-refractivity contribution in [2.24, 2.45) is 0 Å². The maximum absolute atomic E-state index is 2.48. The van der Waals surface area contributed by atoms with Crippen molar-refractivity contribution in [1.82, 2.24) is 0 Å². The first-order valence-corrected chi connectivity index (χ1v) is 16.8. The molecule has 0 nitrogen and oxygen atoms in total. The zero-order valence-corrected chi connectivity index (χ0v) is 25.7. The van der Waals surface area contributed by atoms with Crippen LogP contribution in [0.25, 0.3) is 66.1 Å². The Hall–Kier alpha value is -5.37. The van der Waals surface area contributed by atoms with E-state index in [1.54, 1.807) is 0 Å². The first-order chi connectivity index (χ1) is 22.8. The fourth-order valence-corrected chi connectivity index (χ4v) is 10.2. The van der Waals surface area contributed by atoms with Crippen molar-refractivity contribution < 1.29 is 0 Å². The normalized spacial score (nSPS) is 16.3. The predicted octanol–water partition coefficient (Wildman–Crippen LogP) is 12.1. The Labute approximate surface area is 272 Å². The van der Waals surface area contributed by atoms with E-state index in [9.17, 15) is 0 Å². The van der Waals surface area contributed by atoms with Gasteiger partial charge in [-0.25, -0.2) is 0 Å². The van der Waals surface area contributed by atoms with Crippen LogP contribution in [0.1, 0.15) is 22.3 Å². The van der Waals surface area contributed by atoms with Crippen molar-refractivity contribution in [2.75, 3.05) is 0 Å². The minimum atomic E-state index is -0.365. The summed E-state index contributed by atoms with van der Waals surface area (Å²) in [6, 6.07) is 59.4. The van der Waals surface area contributed by atoms with Crippen molar-refractivity contribution in [3.63, 3.8) is 0 Å². The van der Waals surface area contributed by atoms with Gasteiger partial charge in [-0.2, -0.15) is 0 Å². The Kier molecular flexibility index (Phi) is 4.80. The van der Waals surface area contributed by atoms with Crippen molar-refractivity contribution >= 4 is 33.3 Å². The first kappa shape index (κ1) is 24.9. The van der Waals surface area contributed by atoms with Crippen LogP contribution < -0.4 is 0 Å². The standard InChI is InChI=1S/C45H26S/c1-2-12-30-27(10-1)20-24-36-32-13-3-6-17-38(32)45(43(30)36)39-18-7-4-14-33(39)37-26-29(22-25-40(37)45)31-23-21-28-11-9-16-35-34-15-5-8-19-41(34)46-44(31)42(28)35/h1-26H. The molecule has 3 aliphatic rings. The maximum atomic E-state index is 2.48. The molecule has 0 amide bonds. The highest BCUT2D eigenvalue weighted by molar-refractivity contribution is 8.00. The Morgan fingerprint density at radius 2 is 1.02 bits per heavy atom. The van der Waals surface area contributed by atoms with Crippen LogP contribution in [0.15, 0.2) is 168 Å².